The quantitative estimate of drug-likeness (QED) is 0.754. The van der Waals surface area contributed by atoms with Crippen molar-refractivity contribution >= 4 is 27.5 Å². The molecule has 0 atom stereocenters. The summed E-state index contributed by atoms with van der Waals surface area (Å²) in [4.78, 5) is 8.64. The minimum atomic E-state index is -0.327. The Bertz CT molecular complexity index is 602. The van der Waals surface area contributed by atoms with Gasteiger partial charge in [0.25, 0.3) is 0 Å². The predicted molar refractivity (Wildman–Crippen MR) is 74.3 cm³/mol. The van der Waals surface area contributed by atoms with Crippen molar-refractivity contribution in [1.82, 2.24) is 9.97 Å². The van der Waals surface area contributed by atoms with E-state index < -0.39 is 0 Å². The van der Waals surface area contributed by atoms with Crippen molar-refractivity contribution in [3.63, 3.8) is 0 Å². The van der Waals surface area contributed by atoms with Gasteiger partial charge < -0.3 is 0 Å². The Morgan fingerprint density at radius 3 is 2.72 bits per heavy atom. The Hall–Kier alpha value is -1.00. The van der Waals surface area contributed by atoms with E-state index in [9.17, 15) is 4.39 Å². The van der Waals surface area contributed by atoms with Crippen LogP contribution in [0.1, 0.15) is 18.2 Å². The van der Waals surface area contributed by atoms with Gasteiger partial charge in [-0.05, 0) is 31.5 Å². The highest BCUT2D eigenvalue weighted by Crippen LogP contribution is 2.28. The smallest absolute Gasteiger partial charge is 0.162 e. The SMILES string of the molecule is CCc1nc(-c2cc(F)ccc2Br)nc(Cl)c1C. The minimum absolute atomic E-state index is 0.327. The van der Waals surface area contributed by atoms with Gasteiger partial charge in [0.1, 0.15) is 11.0 Å². The number of aromatic nitrogens is 2. The molecule has 0 bridgehead atoms. The zero-order valence-electron chi connectivity index (χ0n) is 9.97. The van der Waals surface area contributed by atoms with E-state index in [0.717, 1.165) is 22.2 Å². The molecular weight excluding hydrogens is 319 g/mol. The van der Waals surface area contributed by atoms with Crippen LogP contribution in [0.3, 0.4) is 0 Å². The fraction of sp³-hybridized carbons (Fsp3) is 0.231. The average molecular weight is 330 g/mol. The molecule has 0 radical (unpaired) electrons. The zero-order valence-corrected chi connectivity index (χ0v) is 12.3. The third-order valence-electron chi connectivity index (χ3n) is 2.69. The molecule has 5 heteroatoms. The van der Waals surface area contributed by atoms with Crippen LogP contribution in [0.5, 0.6) is 0 Å². The monoisotopic (exact) mass is 328 g/mol. The molecule has 2 nitrogen and oxygen atoms in total. The van der Waals surface area contributed by atoms with Crippen molar-refractivity contribution in [2.45, 2.75) is 20.3 Å². The summed E-state index contributed by atoms with van der Waals surface area (Å²) in [5, 5.41) is 0.410. The van der Waals surface area contributed by atoms with Crippen molar-refractivity contribution in [2.75, 3.05) is 0 Å². The van der Waals surface area contributed by atoms with E-state index in [1.807, 2.05) is 13.8 Å². The Morgan fingerprint density at radius 2 is 2.06 bits per heavy atom. The van der Waals surface area contributed by atoms with Gasteiger partial charge in [0.15, 0.2) is 5.82 Å². The predicted octanol–water partition coefficient (Wildman–Crippen LogP) is 4.57. The molecule has 2 aromatic rings. The zero-order chi connectivity index (χ0) is 13.3. The van der Waals surface area contributed by atoms with Crippen LogP contribution in [0.4, 0.5) is 4.39 Å². The Morgan fingerprint density at radius 1 is 1.33 bits per heavy atom. The minimum Gasteiger partial charge on any atom is -0.233 e. The number of nitrogens with zero attached hydrogens (tertiary/aromatic N) is 2. The van der Waals surface area contributed by atoms with E-state index in [1.54, 1.807) is 6.07 Å². The first-order valence-corrected chi connectivity index (χ1v) is 6.68. The molecule has 0 aliphatic rings. The molecule has 0 saturated carbocycles. The van der Waals surface area contributed by atoms with E-state index in [0.29, 0.717) is 16.5 Å². The van der Waals surface area contributed by atoms with Crippen LogP contribution in [0.2, 0.25) is 5.15 Å². The van der Waals surface area contributed by atoms with Crippen LogP contribution in [0, 0.1) is 12.7 Å². The second kappa shape index (κ2) is 5.33. The van der Waals surface area contributed by atoms with Gasteiger partial charge in [-0.3, -0.25) is 0 Å². The first-order valence-electron chi connectivity index (χ1n) is 5.51. The molecule has 0 fully saturated rings. The normalized spacial score (nSPS) is 10.7. The number of benzene rings is 1. The molecule has 0 aliphatic heterocycles. The van der Waals surface area contributed by atoms with Crippen molar-refractivity contribution in [1.29, 1.82) is 0 Å². The molecule has 18 heavy (non-hydrogen) atoms. The van der Waals surface area contributed by atoms with Crippen LogP contribution in [-0.2, 0) is 6.42 Å². The standard InChI is InChI=1S/C13H11BrClFN2/c1-3-11-7(2)12(15)18-13(17-11)9-6-8(16)4-5-10(9)14/h4-6H,3H2,1-2H3. The van der Waals surface area contributed by atoms with Crippen LogP contribution in [0.25, 0.3) is 11.4 Å². The van der Waals surface area contributed by atoms with Crippen molar-refractivity contribution in [2.24, 2.45) is 0 Å². The second-order valence-corrected chi connectivity index (χ2v) is 5.10. The van der Waals surface area contributed by atoms with Crippen LogP contribution < -0.4 is 0 Å². The Balaban J connectivity index is 2.64. The third kappa shape index (κ3) is 2.54. The summed E-state index contributed by atoms with van der Waals surface area (Å²) >= 11 is 9.45. The van der Waals surface area contributed by atoms with Gasteiger partial charge in [0, 0.05) is 21.3 Å². The first kappa shape index (κ1) is 13.4. The molecule has 0 N–H and O–H groups in total. The molecule has 1 aromatic heterocycles. The molecule has 1 aromatic carbocycles. The van der Waals surface area contributed by atoms with Gasteiger partial charge in [-0.25, -0.2) is 14.4 Å². The lowest BCUT2D eigenvalue weighted by atomic mass is 10.1. The number of hydrogen-bond donors (Lipinski definition) is 0. The van der Waals surface area contributed by atoms with E-state index in [1.165, 1.54) is 12.1 Å². The maximum atomic E-state index is 13.3. The Kier molecular flexibility index (Phi) is 3.97. The van der Waals surface area contributed by atoms with Crippen LogP contribution in [-0.4, -0.2) is 9.97 Å². The molecule has 1 heterocycles. The fourth-order valence-corrected chi connectivity index (χ4v) is 2.28. The van der Waals surface area contributed by atoms with E-state index >= 15 is 0 Å². The molecule has 0 saturated heterocycles. The molecular formula is C13H11BrClFN2. The largest absolute Gasteiger partial charge is 0.233 e. The topological polar surface area (TPSA) is 25.8 Å². The molecule has 94 valence electrons. The van der Waals surface area contributed by atoms with E-state index in [2.05, 4.69) is 25.9 Å². The average Bonchev–Trinajstić information content (AvgIpc) is 2.35. The highest BCUT2D eigenvalue weighted by molar-refractivity contribution is 9.10. The lowest BCUT2D eigenvalue weighted by Gasteiger charge is -2.09. The fourth-order valence-electron chi connectivity index (χ4n) is 1.67. The summed E-state index contributed by atoms with van der Waals surface area (Å²) in [6, 6.07) is 4.40. The van der Waals surface area contributed by atoms with Gasteiger partial charge >= 0.3 is 0 Å². The van der Waals surface area contributed by atoms with Gasteiger partial charge in [-0.15, -0.1) is 0 Å². The van der Waals surface area contributed by atoms with Gasteiger partial charge in [0.05, 0.1) is 0 Å². The summed E-state index contributed by atoms with van der Waals surface area (Å²) in [7, 11) is 0. The first-order chi connectivity index (χ1) is 8.52. The van der Waals surface area contributed by atoms with Crippen molar-refractivity contribution < 1.29 is 4.39 Å². The number of rotatable bonds is 2. The Labute approximate surface area is 118 Å². The van der Waals surface area contributed by atoms with E-state index in [-0.39, 0.29) is 5.82 Å². The van der Waals surface area contributed by atoms with Crippen LogP contribution >= 0.6 is 27.5 Å². The lowest BCUT2D eigenvalue weighted by Crippen LogP contribution is -2.00. The summed E-state index contributed by atoms with van der Waals surface area (Å²) < 4.78 is 14.0. The molecule has 0 unspecified atom stereocenters. The van der Waals surface area contributed by atoms with Gasteiger partial charge in [-0.1, -0.05) is 34.5 Å². The third-order valence-corrected chi connectivity index (χ3v) is 3.75. The van der Waals surface area contributed by atoms with Crippen LogP contribution in [0.15, 0.2) is 22.7 Å². The summed E-state index contributed by atoms with van der Waals surface area (Å²) in [6.45, 7) is 3.88. The lowest BCUT2D eigenvalue weighted by molar-refractivity contribution is 0.628. The number of hydrogen-bond acceptors (Lipinski definition) is 2. The second-order valence-electron chi connectivity index (χ2n) is 3.89. The highest BCUT2D eigenvalue weighted by atomic mass is 79.9. The van der Waals surface area contributed by atoms with Gasteiger partial charge in [0.2, 0.25) is 0 Å². The van der Waals surface area contributed by atoms with Gasteiger partial charge in [-0.2, -0.15) is 0 Å². The van der Waals surface area contributed by atoms with Crippen molar-refractivity contribution in [3.8, 4) is 11.4 Å². The van der Waals surface area contributed by atoms with E-state index in [4.69, 9.17) is 11.6 Å². The maximum absolute atomic E-state index is 13.3. The summed E-state index contributed by atoms with van der Waals surface area (Å²) in [6.07, 6.45) is 0.758. The van der Waals surface area contributed by atoms with Crippen molar-refractivity contribution in [3.05, 3.63) is 44.9 Å². The molecule has 0 spiro atoms. The maximum Gasteiger partial charge on any atom is 0.162 e. The highest BCUT2D eigenvalue weighted by Gasteiger charge is 2.12. The summed E-state index contributed by atoms with van der Waals surface area (Å²) in [5.41, 5.74) is 2.35. The number of halogens is 3. The molecule has 0 aliphatic carbocycles. The number of aryl methyl sites for hydroxylation is 1. The molecule has 0 amide bonds. The summed E-state index contributed by atoms with van der Waals surface area (Å²) in [5.74, 6) is 0.111. The molecule has 2 rings (SSSR count).